The summed E-state index contributed by atoms with van der Waals surface area (Å²) in [5.41, 5.74) is 1.87. The van der Waals surface area contributed by atoms with Crippen molar-refractivity contribution in [2.45, 2.75) is 6.54 Å². The maximum atomic E-state index is 9.34. The monoisotopic (exact) mass is 191 g/mol. The predicted octanol–water partition coefficient (Wildman–Crippen LogP) is 0.998. The zero-order valence-corrected chi connectivity index (χ0v) is 8.28. The molecule has 0 unspecified atom stereocenters. The van der Waals surface area contributed by atoms with Crippen LogP contribution in [0, 0.1) is 0 Å². The number of phenols is 1. The highest BCUT2D eigenvalue weighted by molar-refractivity contribution is 5.77. The number of nitrogens with zero attached hydrogens (tertiary/aromatic N) is 2. The summed E-state index contributed by atoms with van der Waals surface area (Å²) < 4.78 is 1.98. The molecule has 0 saturated carbocycles. The Bertz CT molecular complexity index is 462. The van der Waals surface area contributed by atoms with Gasteiger partial charge in [-0.1, -0.05) is 0 Å². The molecule has 0 amide bonds. The van der Waals surface area contributed by atoms with Crippen LogP contribution in [0.3, 0.4) is 0 Å². The number of imidazole rings is 1. The van der Waals surface area contributed by atoms with Crippen molar-refractivity contribution in [2.75, 3.05) is 7.05 Å². The molecule has 0 atom stereocenters. The van der Waals surface area contributed by atoms with Crippen LogP contribution in [-0.4, -0.2) is 21.7 Å². The third-order valence-electron chi connectivity index (χ3n) is 2.29. The van der Waals surface area contributed by atoms with Gasteiger partial charge in [0.1, 0.15) is 11.6 Å². The summed E-state index contributed by atoms with van der Waals surface area (Å²) in [7, 11) is 3.83. The molecule has 0 radical (unpaired) electrons. The van der Waals surface area contributed by atoms with E-state index in [0.29, 0.717) is 0 Å². The van der Waals surface area contributed by atoms with Crippen LogP contribution in [0.4, 0.5) is 0 Å². The number of aryl methyl sites for hydroxylation is 1. The molecule has 2 N–H and O–H groups in total. The molecule has 0 aliphatic carbocycles. The van der Waals surface area contributed by atoms with Crippen molar-refractivity contribution in [3.63, 3.8) is 0 Å². The van der Waals surface area contributed by atoms with Crippen molar-refractivity contribution in [3.05, 3.63) is 24.0 Å². The second-order valence-electron chi connectivity index (χ2n) is 3.29. The minimum absolute atomic E-state index is 0.275. The Balaban J connectivity index is 2.62. The second kappa shape index (κ2) is 3.31. The van der Waals surface area contributed by atoms with Gasteiger partial charge < -0.3 is 15.0 Å². The maximum absolute atomic E-state index is 9.34. The summed E-state index contributed by atoms with van der Waals surface area (Å²) in [4.78, 5) is 4.43. The van der Waals surface area contributed by atoms with Gasteiger partial charge in [0.25, 0.3) is 0 Å². The number of rotatable bonds is 2. The van der Waals surface area contributed by atoms with Gasteiger partial charge in [0, 0.05) is 13.1 Å². The van der Waals surface area contributed by atoms with Gasteiger partial charge in [-0.2, -0.15) is 0 Å². The maximum Gasteiger partial charge on any atom is 0.123 e. The normalized spacial score (nSPS) is 11.0. The average molecular weight is 191 g/mol. The second-order valence-corrected chi connectivity index (χ2v) is 3.29. The molecule has 0 aliphatic rings. The third kappa shape index (κ3) is 1.33. The Hall–Kier alpha value is -1.55. The molecule has 14 heavy (non-hydrogen) atoms. The van der Waals surface area contributed by atoms with Gasteiger partial charge >= 0.3 is 0 Å². The van der Waals surface area contributed by atoms with Crippen LogP contribution < -0.4 is 5.32 Å². The number of aromatic nitrogens is 2. The lowest BCUT2D eigenvalue weighted by atomic mass is 10.3. The summed E-state index contributed by atoms with van der Waals surface area (Å²) >= 11 is 0. The standard InChI is InChI=1S/C10H13N3O/c1-11-6-10-12-8-4-3-7(14)5-9(8)13(10)2/h3-5,11,14H,6H2,1-2H3. The topological polar surface area (TPSA) is 50.1 Å². The molecule has 0 aliphatic heterocycles. The number of benzene rings is 1. The van der Waals surface area contributed by atoms with Crippen molar-refractivity contribution >= 4 is 11.0 Å². The fourth-order valence-corrected chi connectivity index (χ4v) is 1.54. The van der Waals surface area contributed by atoms with Gasteiger partial charge in [-0.15, -0.1) is 0 Å². The first-order valence-electron chi connectivity index (χ1n) is 4.51. The number of fused-ring (bicyclic) bond motifs is 1. The van der Waals surface area contributed by atoms with Crippen LogP contribution >= 0.6 is 0 Å². The van der Waals surface area contributed by atoms with Crippen LogP contribution in [0.2, 0.25) is 0 Å². The van der Waals surface area contributed by atoms with E-state index in [4.69, 9.17) is 0 Å². The van der Waals surface area contributed by atoms with E-state index in [1.165, 1.54) is 0 Å². The highest BCUT2D eigenvalue weighted by Crippen LogP contribution is 2.19. The fourth-order valence-electron chi connectivity index (χ4n) is 1.54. The van der Waals surface area contributed by atoms with Gasteiger partial charge in [-0.3, -0.25) is 0 Å². The van der Waals surface area contributed by atoms with Crippen LogP contribution in [0.15, 0.2) is 18.2 Å². The molecule has 0 bridgehead atoms. The van der Waals surface area contributed by atoms with Gasteiger partial charge in [-0.05, 0) is 19.2 Å². The Morgan fingerprint density at radius 3 is 3.00 bits per heavy atom. The van der Waals surface area contributed by atoms with E-state index < -0.39 is 0 Å². The van der Waals surface area contributed by atoms with Gasteiger partial charge in [0.15, 0.2) is 0 Å². The zero-order chi connectivity index (χ0) is 10.1. The Labute approximate surface area is 82.2 Å². The molecule has 2 aromatic rings. The molecule has 0 spiro atoms. The largest absolute Gasteiger partial charge is 0.508 e. The molecule has 4 nitrogen and oxygen atoms in total. The van der Waals surface area contributed by atoms with E-state index in [2.05, 4.69) is 10.3 Å². The van der Waals surface area contributed by atoms with Gasteiger partial charge in [0.05, 0.1) is 17.6 Å². The number of phenolic OH excluding ortho intramolecular Hbond substituents is 1. The lowest BCUT2D eigenvalue weighted by molar-refractivity contribution is 0.476. The van der Waals surface area contributed by atoms with Crippen LogP contribution in [0.5, 0.6) is 5.75 Å². The Morgan fingerprint density at radius 2 is 2.29 bits per heavy atom. The zero-order valence-electron chi connectivity index (χ0n) is 8.28. The van der Waals surface area contributed by atoms with Crippen molar-refractivity contribution in [1.29, 1.82) is 0 Å². The lowest BCUT2D eigenvalue weighted by Crippen LogP contribution is -2.10. The van der Waals surface area contributed by atoms with Crippen molar-refractivity contribution in [2.24, 2.45) is 7.05 Å². The molecule has 0 saturated heterocycles. The first-order chi connectivity index (χ1) is 6.72. The summed E-state index contributed by atoms with van der Waals surface area (Å²) in [5.74, 6) is 1.24. The average Bonchev–Trinajstić information content (AvgIpc) is 2.46. The lowest BCUT2D eigenvalue weighted by Gasteiger charge is -2.00. The number of hydrogen-bond donors (Lipinski definition) is 2. The highest BCUT2D eigenvalue weighted by Gasteiger charge is 2.06. The van der Waals surface area contributed by atoms with E-state index in [-0.39, 0.29) is 5.75 Å². The van der Waals surface area contributed by atoms with E-state index in [1.807, 2.05) is 24.7 Å². The van der Waals surface area contributed by atoms with Gasteiger partial charge in [0.2, 0.25) is 0 Å². The molecule has 1 aromatic carbocycles. The minimum atomic E-state index is 0.275. The number of nitrogens with one attached hydrogen (secondary N) is 1. The molecule has 1 aromatic heterocycles. The van der Waals surface area contributed by atoms with Gasteiger partial charge in [-0.25, -0.2) is 4.98 Å². The summed E-state index contributed by atoms with van der Waals surface area (Å²) in [6.45, 7) is 0.728. The van der Waals surface area contributed by atoms with Crippen molar-refractivity contribution < 1.29 is 5.11 Å². The highest BCUT2D eigenvalue weighted by atomic mass is 16.3. The van der Waals surface area contributed by atoms with Crippen LogP contribution in [0.25, 0.3) is 11.0 Å². The van der Waals surface area contributed by atoms with Crippen molar-refractivity contribution in [3.8, 4) is 5.75 Å². The molecule has 0 fully saturated rings. The summed E-state index contributed by atoms with van der Waals surface area (Å²) in [5, 5.41) is 12.4. The fraction of sp³-hybridized carbons (Fsp3) is 0.300. The molecular formula is C10H13N3O. The quantitative estimate of drug-likeness (QED) is 0.744. The van der Waals surface area contributed by atoms with E-state index in [9.17, 15) is 5.11 Å². The van der Waals surface area contributed by atoms with E-state index >= 15 is 0 Å². The van der Waals surface area contributed by atoms with Crippen LogP contribution in [-0.2, 0) is 13.6 Å². The first kappa shape index (κ1) is 9.02. The molecule has 4 heteroatoms. The van der Waals surface area contributed by atoms with E-state index in [1.54, 1.807) is 12.1 Å². The predicted molar refractivity (Wildman–Crippen MR) is 55.1 cm³/mol. The third-order valence-corrected chi connectivity index (χ3v) is 2.29. The molecule has 1 heterocycles. The molecule has 2 rings (SSSR count). The Morgan fingerprint density at radius 1 is 1.50 bits per heavy atom. The Kier molecular flexibility index (Phi) is 2.13. The summed E-state index contributed by atoms with van der Waals surface area (Å²) in [6.07, 6.45) is 0. The first-order valence-corrected chi connectivity index (χ1v) is 4.51. The molecular weight excluding hydrogens is 178 g/mol. The minimum Gasteiger partial charge on any atom is -0.508 e. The number of aromatic hydroxyl groups is 1. The smallest absolute Gasteiger partial charge is 0.123 e. The van der Waals surface area contributed by atoms with Crippen LogP contribution in [0.1, 0.15) is 5.82 Å². The summed E-state index contributed by atoms with van der Waals surface area (Å²) in [6, 6.07) is 5.20. The number of hydrogen-bond acceptors (Lipinski definition) is 3. The molecule has 74 valence electrons. The SMILES string of the molecule is CNCc1nc2ccc(O)cc2n1C. The van der Waals surface area contributed by atoms with Crippen molar-refractivity contribution in [1.82, 2.24) is 14.9 Å². The van der Waals surface area contributed by atoms with E-state index in [0.717, 1.165) is 23.4 Å².